The van der Waals surface area contributed by atoms with Gasteiger partial charge in [-0.1, -0.05) is 0 Å². The van der Waals surface area contributed by atoms with Gasteiger partial charge in [-0.05, 0) is 11.8 Å². The third kappa shape index (κ3) is 6.15. The zero-order valence-electron chi connectivity index (χ0n) is 7.57. The summed E-state index contributed by atoms with van der Waals surface area (Å²) in [5.74, 6) is 0.975. The van der Waals surface area contributed by atoms with E-state index in [1.54, 1.807) is 0 Å². The lowest BCUT2D eigenvalue weighted by Crippen LogP contribution is -2.44. The first-order valence-electron chi connectivity index (χ1n) is 4.10. The molecule has 0 atom stereocenters. The van der Waals surface area contributed by atoms with Gasteiger partial charge >= 0.3 is 0 Å². The lowest BCUT2D eigenvalue weighted by Gasteiger charge is -2.25. The molecule has 13 heavy (non-hydrogen) atoms. The van der Waals surface area contributed by atoms with Gasteiger partial charge < -0.3 is 4.74 Å². The molecule has 4 N–H and O–H groups in total. The van der Waals surface area contributed by atoms with Crippen LogP contribution in [0.5, 0.6) is 0 Å². The Morgan fingerprint density at radius 1 is 1.46 bits per heavy atom. The molecular weight excluding hydrogens is 210 g/mol. The highest BCUT2D eigenvalue weighted by Crippen LogP contribution is 2.00. The van der Waals surface area contributed by atoms with Gasteiger partial charge in [0.2, 0.25) is 0 Å². The van der Waals surface area contributed by atoms with Gasteiger partial charge in [0.25, 0.3) is 5.17 Å². The fourth-order valence-electron chi connectivity index (χ4n) is 1.12. The fraction of sp³-hybridized carbons (Fsp3) is 0.857. The molecular formula is C7H17ClN3OS+. The zero-order valence-corrected chi connectivity index (χ0v) is 9.20. The lowest BCUT2D eigenvalue weighted by atomic mass is 10.4. The Hall–Kier alpha value is 0.0300. The molecule has 78 valence electrons. The van der Waals surface area contributed by atoms with Crippen LogP contribution in [0.2, 0.25) is 0 Å². The maximum Gasteiger partial charge on any atom is 0.299 e. The summed E-state index contributed by atoms with van der Waals surface area (Å²) in [4.78, 5) is 2.36. The van der Waals surface area contributed by atoms with Crippen molar-refractivity contribution in [3.63, 3.8) is 0 Å². The van der Waals surface area contributed by atoms with Crippen molar-refractivity contribution in [2.45, 2.75) is 0 Å². The molecule has 0 saturated carbocycles. The summed E-state index contributed by atoms with van der Waals surface area (Å²) in [6.45, 7) is 4.82. The average Bonchev–Trinajstić information content (AvgIpc) is 2.05. The summed E-state index contributed by atoms with van der Waals surface area (Å²) in [5.41, 5.74) is 5.32. The Kier molecular flexibility index (Phi) is 7.45. The first kappa shape index (κ1) is 13.0. The third-order valence-electron chi connectivity index (χ3n) is 1.78. The fourth-order valence-corrected chi connectivity index (χ4v) is 1.70. The second-order valence-electron chi connectivity index (χ2n) is 2.70. The molecule has 1 saturated heterocycles. The zero-order chi connectivity index (χ0) is 8.81. The van der Waals surface area contributed by atoms with Crippen molar-refractivity contribution in [2.75, 3.05) is 38.6 Å². The monoisotopic (exact) mass is 226 g/mol. The van der Waals surface area contributed by atoms with E-state index >= 15 is 0 Å². The molecule has 0 unspecified atom stereocenters. The van der Waals surface area contributed by atoms with E-state index in [0.29, 0.717) is 5.17 Å². The van der Waals surface area contributed by atoms with Gasteiger partial charge in [0.15, 0.2) is 0 Å². The summed E-state index contributed by atoms with van der Waals surface area (Å²) in [5, 5.41) is 5.78. The van der Waals surface area contributed by atoms with Crippen LogP contribution in [-0.4, -0.2) is 48.7 Å². The van der Waals surface area contributed by atoms with E-state index in [1.807, 2.05) is 0 Å². The van der Waals surface area contributed by atoms with Crippen molar-refractivity contribution >= 4 is 29.3 Å². The predicted octanol–water partition coefficient (Wildman–Crippen LogP) is -1.45. The molecule has 0 spiro atoms. The highest BCUT2D eigenvalue weighted by molar-refractivity contribution is 8.13. The van der Waals surface area contributed by atoms with Crippen LogP contribution in [0.15, 0.2) is 0 Å². The Bertz CT molecular complexity index is 153. The van der Waals surface area contributed by atoms with Crippen molar-refractivity contribution in [1.82, 2.24) is 4.90 Å². The molecule has 0 amide bonds. The van der Waals surface area contributed by atoms with Crippen molar-refractivity contribution in [3.8, 4) is 0 Å². The van der Waals surface area contributed by atoms with E-state index in [9.17, 15) is 0 Å². The largest absolute Gasteiger partial charge is 0.379 e. The molecule has 1 heterocycles. The van der Waals surface area contributed by atoms with Crippen LogP contribution in [0.3, 0.4) is 0 Å². The molecule has 6 heteroatoms. The number of nitrogens with two attached hydrogens (primary N) is 2. The Morgan fingerprint density at radius 3 is 2.62 bits per heavy atom. The molecule has 0 aliphatic carbocycles. The first-order valence-corrected chi connectivity index (χ1v) is 5.08. The predicted molar refractivity (Wildman–Crippen MR) is 58.1 cm³/mol. The van der Waals surface area contributed by atoms with E-state index in [1.165, 1.54) is 11.8 Å². The van der Waals surface area contributed by atoms with Crippen LogP contribution in [0.4, 0.5) is 0 Å². The number of ether oxygens (including phenoxy) is 1. The second-order valence-corrected chi connectivity index (χ2v) is 3.87. The molecule has 0 aromatic carbocycles. The van der Waals surface area contributed by atoms with Gasteiger partial charge in [0.1, 0.15) is 0 Å². The normalized spacial score (nSPS) is 17.8. The van der Waals surface area contributed by atoms with E-state index in [0.717, 1.165) is 38.6 Å². The molecule has 1 aliphatic rings. The van der Waals surface area contributed by atoms with Gasteiger partial charge in [-0.25, -0.2) is 0 Å². The smallest absolute Gasteiger partial charge is 0.299 e. The van der Waals surface area contributed by atoms with Crippen molar-refractivity contribution < 1.29 is 10.1 Å². The molecule has 0 aromatic heterocycles. The van der Waals surface area contributed by atoms with Crippen molar-refractivity contribution in [3.05, 3.63) is 0 Å². The SMILES string of the molecule is Cl.NC(=[NH2+])SCCN1CCOCC1. The Labute approximate surface area is 89.1 Å². The summed E-state index contributed by atoms with van der Waals surface area (Å²) in [6, 6.07) is 0. The maximum absolute atomic E-state index is 5.32. The van der Waals surface area contributed by atoms with E-state index < -0.39 is 0 Å². The summed E-state index contributed by atoms with van der Waals surface area (Å²) in [7, 11) is 0. The quantitative estimate of drug-likeness (QED) is 0.457. The van der Waals surface area contributed by atoms with Crippen molar-refractivity contribution in [1.29, 1.82) is 0 Å². The van der Waals surface area contributed by atoms with E-state index in [4.69, 9.17) is 15.9 Å². The van der Waals surface area contributed by atoms with Crippen molar-refractivity contribution in [2.24, 2.45) is 5.73 Å². The lowest BCUT2D eigenvalue weighted by molar-refractivity contribution is -0.110. The highest BCUT2D eigenvalue weighted by atomic mass is 35.5. The van der Waals surface area contributed by atoms with Gasteiger partial charge in [-0.3, -0.25) is 16.0 Å². The number of hydrogen-bond donors (Lipinski definition) is 2. The summed E-state index contributed by atoms with van der Waals surface area (Å²) in [6.07, 6.45) is 0. The molecule has 1 aliphatic heterocycles. The Balaban J connectivity index is 0.00000144. The number of nitrogens with zero attached hydrogens (tertiary/aromatic N) is 1. The minimum Gasteiger partial charge on any atom is -0.379 e. The summed E-state index contributed by atoms with van der Waals surface area (Å²) >= 11 is 1.51. The van der Waals surface area contributed by atoms with Crippen LogP contribution >= 0.6 is 24.2 Å². The molecule has 1 rings (SSSR count). The van der Waals surface area contributed by atoms with Crippen LogP contribution in [0.25, 0.3) is 0 Å². The standard InChI is InChI=1S/C7H15N3OS.ClH/c8-7(9)12-6-3-10-1-4-11-5-2-10;/h1-6H2,(H3,8,9);1H/p+1. The third-order valence-corrected chi connectivity index (χ3v) is 2.50. The number of rotatable bonds is 3. The number of morpholine rings is 1. The van der Waals surface area contributed by atoms with Crippen LogP contribution in [0, 0.1) is 0 Å². The number of hydrogen-bond acceptors (Lipinski definition) is 3. The van der Waals surface area contributed by atoms with Gasteiger partial charge in [-0.15, -0.1) is 12.4 Å². The average molecular weight is 227 g/mol. The molecule has 1 fully saturated rings. The van der Waals surface area contributed by atoms with Gasteiger partial charge in [0.05, 0.1) is 13.2 Å². The number of amidine groups is 1. The van der Waals surface area contributed by atoms with E-state index in [-0.39, 0.29) is 12.4 Å². The van der Waals surface area contributed by atoms with E-state index in [2.05, 4.69) is 4.90 Å². The minimum absolute atomic E-state index is 0. The topological polar surface area (TPSA) is 64.1 Å². The highest BCUT2D eigenvalue weighted by Gasteiger charge is 2.09. The number of thioether (sulfide) groups is 1. The Morgan fingerprint density at radius 2 is 2.08 bits per heavy atom. The molecule has 0 bridgehead atoms. The first-order chi connectivity index (χ1) is 5.79. The molecule has 0 aromatic rings. The van der Waals surface area contributed by atoms with Crippen LogP contribution in [0.1, 0.15) is 0 Å². The maximum atomic E-state index is 5.32. The minimum atomic E-state index is 0. The van der Waals surface area contributed by atoms with Gasteiger partial charge in [-0.2, -0.15) is 0 Å². The second kappa shape index (κ2) is 7.44. The number of halogens is 1. The van der Waals surface area contributed by atoms with Gasteiger partial charge in [0, 0.05) is 25.4 Å². The van der Waals surface area contributed by atoms with Crippen LogP contribution < -0.4 is 11.1 Å². The molecule has 0 radical (unpaired) electrons. The summed E-state index contributed by atoms with van der Waals surface area (Å²) < 4.78 is 5.22. The van der Waals surface area contributed by atoms with Crippen LogP contribution in [-0.2, 0) is 4.74 Å². The molecule has 4 nitrogen and oxygen atoms in total.